The van der Waals surface area contributed by atoms with E-state index in [0.717, 1.165) is 18.5 Å². The third kappa shape index (κ3) is 3.97. The third-order valence-corrected chi connectivity index (χ3v) is 3.73. The summed E-state index contributed by atoms with van der Waals surface area (Å²) in [6, 6.07) is 7.92. The highest BCUT2D eigenvalue weighted by Crippen LogP contribution is 2.24. The van der Waals surface area contributed by atoms with E-state index < -0.39 is 0 Å². The van der Waals surface area contributed by atoms with Crippen LogP contribution in [0.25, 0.3) is 0 Å². The Morgan fingerprint density at radius 2 is 2.05 bits per heavy atom. The number of rotatable bonds is 5. The second kappa shape index (κ2) is 7.29. The zero-order valence-corrected chi connectivity index (χ0v) is 12.2. The predicted octanol–water partition coefficient (Wildman–Crippen LogP) is 3.23. The van der Waals surface area contributed by atoms with Gasteiger partial charge in [0.25, 0.3) is 0 Å². The van der Waals surface area contributed by atoms with Crippen molar-refractivity contribution in [1.29, 1.82) is 0 Å². The standard InChI is InChI=1S/C16H23NO3/c1-3-20-16(18)12-7-9-13(10-8-12)17-14-5-4-6-15(11-14)19-2/h7-10,14-15,17H,3-6,11H2,1-2H3. The van der Waals surface area contributed by atoms with E-state index in [2.05, 4.69) is 5.32 Å². The second-order valence-corrected chi connectivity index (χ2v) is 5.16. The first-order valence-electron chi connectivity index (χ1n) is 7.29. The van der Waals surface area contributed by atoms with Crippen molar-refractivity contribution < 1.29 is 14.3 Å². The molecule has 0 saturated heterocycles. The molecule has 2 rings (SSSR count). The van der Waals surface area contributed by atoms with Crippen molar-refractivity contribution in [1.82, 2.24) is 0 Å². The van der Waals surface area contributed by atoms with Crippen LogP contribution in [0.3, 0.4) is 0 Å². The number of benzene rings is 1. The summed E-state index contributed by atoms with van der Waals surface area (Å²) in [5.74, 6) is -0.267. The largest absolute Gasteiger partial charge is 0.462 e. The lowest BCUT2D eigenvalue weighted by atomic mass is 9.92. The first kappa shape index (κ1) is 14.9. The van der Waals surface area contributed by atoms with Gasteiger partial charge in [-0.2, -0.15) is 0 Å². The molecule has 2 unspecified atom stereocenters. The monoisotopic (exact) mass is 277 g/mol. The molecular weight excluding hydrogens is 254 g/mol. The van der Waals surface area contributed by atoms with Gasteiger partial charge in [-0.25, -0.2) is 4.79 Å². The first-order valence-corrected chi connectivity index (χ1v) is 7.29. The van der Waals surface area contributed by atoms with Crippen LogP contribution in [0.1, 0.15) is 43.0 Å². The predicted molar refractivity (Wildman–Crippen MR) is 79.1 cm³/mol. The maximum absolute atomic E-state index is 11.6. The minimum Gasteiger partial charge on any atom is -0.462 e. The smallest absolute Gasteiger partial charge is 0.338 e. The molecule has 4 nitrogen and oxygen atoms in total. The molecule has 0 aromatic heterocycles. The van der Waals surface area contributed by atoms with Gasteiger partial charge in [0.05, 0.1) is 18.3 Å². The number of anilines is 1. The summed E-state index contributed by atoms with van der Waals surface area (Å²) in [5, 5.41) is 3.51. The van der Waals surface area contributed by atoms with Crippen LogP contribution < -0.4 is 5.32 Å². The van der Waals surface area contributed by atoms with Crippen molar-refractivity contribution in [3.63, 3.8) is 0 Å². The lowest BCUT2D eigenvalue weighted by molar-refractivity contribution is 0.0526. The maximum Gasteiger partial charge on any atom is 0.338 e. The van der Waals surface area contributed by atoms with Gasteiger partial charge in [-0.3, -0.25) is 0 Å². The number of nitrogens with one attached hydrogen (secondary N) is 1. The average Bonchev–Trinajstić information content (AvgIpc) is 2.48. The number of methoxy groups -OCH3 is 1. The Morgan fingerprint density at radius 1 is 1.30 bits per heavy atom. The van der Waals surface area contributed by atoms with Crippen LogP contribution in [0.15, 0.2) is 24.3 Å². The lowest BCUT2D eigenvalue weighted by Crippen LogP contribution is -2.30. The van der Waals surface area contributed by atoms with E-state index in [0.29, 0.717) is 24.3 Å². The van der Waals surface area contributed by atoms with E-state index in [1.807, 2.05) is 19.1 Å². The Hall–Kier alpha value is -1.55. The summed E-state index contributed by atoms with van der Waals surface area (Å²) in [7, 11) is 1.78. The molecule has 110 valence electrons. The van der Waals surface area contributed by atoms with Crippen LogP contribution in [0.2, 0.25) is 0 Å². The Labute approximate surface area is 120 Å². The number of carbonyl (C=O) groups excluding carboxylic acids is 1. The van der Waals surface area contributed by atoms with Crippen LogP contribution in [-0.2, 0) is 9.47 Å². The minimum atomic E-state index is -0.267. The summed E-state index contributed by atoms with van der Waals surface area (Å²) in [4.78, 5) is 11.6. The molecule has 1 aromatic carbocycles. The molecule has 1 saturated carbocycles. The van der Waals surface area contributed by atoms with Gasteiger partial charge in [0.15, 0.2) is 0 Å². The molecule has 1 aromatic rings. The van der Waals surface area contributed by atoms with Crippen molar-refractivity contribution in [2.75, 3.05) is 19.0 Å². The number of hydrogen-bond donors (Lipinski definition) is 1. The molecule has 4 heteroatoms. The van der Waals surface area contributed by atoms with Gasteiger partial charge < -0.3 is 14.8 Å². The van der Waals surface area contributed by atoms with Crippen molar-refractivity contribution in [2.24, 2.45) is 0 Å². The van der Waals surface area contributed by atoms with Gasteiger partial charge in [-0.1, -0.05) is 0 Å². The van der Waals surface area contributed by atoms with Crippen LogP contribution in [0.4, 0.5) is 5.69 Å². The minimum absolute atomic E-state index is 0.267. The molecule has 0 radical (unpaired) electrons. The van der Waals surface area contributed by atoms with Crippen LogP contribution in [0, 0.1) is 0 Å². The molecule has 20 heavy (non-hydrogen) atoms. The summed E-state index contributed by atoms with van der Waals surface area (Å²) < 4.78 is 10.4. The normalized spacial score (nSPS) is 22.3. The van der Waals surface area contributed by atoms with E-state index in [9.17, 15) is 4.79 Å². The van der Waals surface area contributed by atoms with E-state index in [-0.39, 0.29) is 5.97 Å². The fourth-order valence-corrected chi connectivity index (χ4v) is 2.64. The number of ether oxygens (including phenoxy) is 2. The Morgan fingerprint density at radius 3 is 2.70 bits per heavy atom. The zero-order valence-electron chi connectivity index (χ0n) is 12.2. The molecule has 1 aliphatic rings. The summed E-state index contributed by atoms with van der Waals surface area (Å²) >= 11 is 0. The Bertz CT molecular complexity index is 430. The van der Waals surface area contributed by atoms with Crippen molar-refractivity contribution in [3.8, 4) is 0 Å². The van der Waals surface area contributed by atoms with Crippen molar-refractivity contribution in [3.05, 3.63) is 29.8 Å². The third-order valence-electron chi connectivity index (χ3n) is 3.73. The molecule has 0 amide bonds. The molecule has 0 spiro atoms. The van der Waals surface area contributed by atoms with E-state index >= 15 is 0 Å². The first-order chi connectivity index (χ1) is 9.72. The summed E-state index contributed by atoms with van der Waals surface area (Å²) in [6.07, 6.45) is 4.91. The van der Waals surface area contributed by atoms with Gasteiger partial charge in [-0.05, 0) is 56.9 Å². The molecule has 1 fully saturated rings. The molecule has 2 atom stereocenters. The van der Waals surface area contributed by atoms with E-state index in [1.54, 1.807) is 19.2 Å². The second-order valence-electron chi connectivity index (χ2n) is 5.16. The average molecular weight is 277 g/mol. The zero-order chi connectivity index (χ0) is 14.4. The van der Waals surface area contributed by atoms with Crippen LogP contribution in [-0.4, -0.2) is 31.8 Å². The molecule has 0 aliphatic heterocycles. The summed E-state index contributed by atoms with van der Waals surface area (Å²) in [6.45, 7) is 2.21. The number of esters is 1. The number of carbonyl (C=O) groups is 1. The molecule has 0 heterocycles. The molecular formula is C16H23NO3. The van der Waals surface area contributed by atoms with Crippen molar-refractivity contribution in [2.45, 2.75) is 44.8 Å². The van der Waals surface area contributed by atoms with Gasteiger partial charge >= 0.3 is 5.97 Å². The fourth-order valence-electron chi connectivity index (χ4n) is 2.64. The topological polar surface area (TPSA) is 47.6 Å². The van der Waals surface area contributed by atoms with Gasteiger partial charge in [0.1, 0.15) is 0 Å². The van der Waals surface area contributed by atoms with Crippen LogP contribution in [0.5, 0.6) is 0 Å². The van der Waals surface area contributed by atoms with Gasteiger partial charge in [0, 0.05) is 18.8 Å². The van der Waals surface area contributed by atoms with Gasteiger partial charge in [-0.15, -0.1) is 0 Å². The fraction of sp³-hybridized carbons (Fsp3) is 0.562. The highest BCUT2D eigenvalue weighted by atomic mass is 16.5. The van der Waals surface area contributed by atoms with Crippen LogP contribution >= 0.6 is 0 Å². The van der Waals surface area contributed by atoms with Gasteiger partial charge in [0.2, 0.25) is 0 Å². The highest BCUT2D eigenvalue weighted by Gasteiger charge is 2.21. The van der Waals surface area contributed by atoms with E-state index in [4.69, 9.17) is 9.47 Å². The number of hydrogen-bond acceptors (Lipinski definition) is 4. The summed E-state index contributed by atoms with van der Waals surface area (Å²) in [5.41, 5.74) is 1.63. The Kier molecular flexibility index (Phi) is 5.41. The lowest BCUT2D eigenvalue weighted by Gasteiger charge is -2.29. The molecule has 1 aliphatic carbocycles. The SMILES string of the molecule is CCOC(=O)c1ccc(NC2CCCC(OC)C2)cc1. The maximum atomic E-state index is 11.6. The quantitative estimate of drug-likeness (QED) is 0.839. The molecule has 1 N–H and O–H groups in total. The highest BCUT2D eigenvalue weighted by molar-refractivity contribution is 5.89. The molecule has 0 bridgehead atoms. The van der Waals surface area contributed by atoms with Crippen molar-refractivity contribution >= 4 is 11.7 Å². The van der Waals surface area contributed by atoms with E-state index in [1.165, 1.54) is 12.8 Å². The Balaban J connectivity index is 1.91.